The van der Waals surface area contributed by atoms with E-state index in [-0.39, 0.29) is 23.0 Å². The summed E-state index contributed by atoms with van der Waals surface area (Å²) in [5, 5.41) is 19.6. The summed E-state index contributed by atoms with van der Waals surface area (Å²) in [6, 6.07) is 10.9. The first-order valence-electron chi connectivity index (χ1n) is 8.71. The Balaban J connectivity index is 1.65. The van der Waals surface area contributed by atoms with Crippen molar-refractivity contribution in [1.29, 1.82) is 0 Å². The van der Waals surface area contributed by atoms with Gasteiger partial charge in [-0.25, -0.2) is 4.98 Å². The quantitative estimate of drug-likeness (QED) is 0.366. The molecule has 0 bridgehead atoms. The van der Waals surface area contributed by atoms with Crippen molar-refractivity contribution in [2.45, 2.75) is 12.2 Å². The molecule has 1 saturated heterocycles. The number of para-hydroxylation sites is 1. The number of nitrogens with zero attached hydrogens (tertiary/aromatic N) is 4. The summed E-state index contributed by atoms with van der Waals surface area (Å²) in [5.74, 6) is 1.40. The second-order valence-corrected chi connectivity index (χ2v) is 8.71. The van der Waals surface area contributed by atoms with Crippen molar-refractivity contribution in [3.63, 3.8) is 0 Å². The third kappa shape index (κ3) is 3.16. The fourth-order valence-electron chi connectivity index (χ4n) is 3.30. The molecule has 0 aliphatic carbocycles. The van der Waals surface area contributed by atoms with Crippen LogP contribution in [0.1, 0.15) is 11.6 Å². The highest BCUT2D eigenvalue weighted by Gasteiger charge is 2.33. The zero-order valence-electron chi connectivity index (χ0n) is 14.7. The Morgan fingerprint density at radius 3 is 2.59 bits per heavy atom. The summed E-state index contributed by atoms with van der Waals surface area (Å²) in [5.41, 5.74) is 0.520. The highest BCUT2D eigenvalue weighted by molar-refractivity contribution is 8.00. The molecule has 3 heterocycles. The van der Waals surface area contributed by atoms with Crippen molar-refractivity contribution < 1.29 is 18.3 Å². The van der Waals surface area contributed by atoms with E-state index in [1.54, 1.807) is 16.3 Å². The minimum Gasteiger partial charge on any atom is -0.493 e. The van der Waals surface area contributed by atoms with E-state index in [1.165, 1.54) is 17.4 Å². The highest BCUT2D eigenvalue weighted by atomic mass is 32.2. The maximum atomic E-state index is 13.2. The second-order valence-electron chi connectivity index (χ2n) is 6.63. The van der Waals surface area contributed by atoms with Crippen LogP contribution >= 0.6 is 23.1 Å². The third-order valence-corrected chi connectivity index (χ3v) is 6.94. The topological polar surface area (TPSA) is 62.8 Å². The molecule has 0 spiro atoms. The SMILES string of the molecule is Oc1c(N=Nc2nc3ccccc3s2)c2cc(C(F)(F)F)ccc2n1C1CSC1. The molecule has 5 nitrogen and oxygen atoms in total. The van der Waals surface area contributed by atoms with Crippen molar-refractivity contribution in [3.05, 3.63) is 48.0 Å². The van der Waals surface area contributed by atoms with Gasteiger partial charge in [0.2, 0.25) is 11.0 Å². The van der Waals surface area contributed by atoms with E-state index >= 15 is 0 Å². The Kier molecular flexibility index (Phi) is 4.28. The molecule has 148 valence electrons. The van der Waals surface area contributed by atoms with Crippen LogP contribution in [0.5, 0.6) is 5.88 Å². The standard InChI is InChI=1S/C19H13F3N4OS2/c20-19(21,22)10-5-6-14-12(7-10)16(17(27)26(14)11-8-28-9-11)24-25-18-23-13-3-1-2-4-15(13)29-18/h1-7,11,27H,8-9H2. The van der Waals surface area contributed by atoms with Crippen molar-refractivity contribution in [2.24, 2.45) is 10.2 Å². The molecule has 0 amide bonds. The van der Waals surface area contributed by atoms with Crippen LogP contribution in [0.4, 0.5) is 24.0 Å². The van der Waals surface area contributed by atoms with Crippen LogP contribution in [0, 0.1) is 0 Å². The summed E-state index contributed by atoms with van der Waals surface area (Å²) in [4.78, 5) is 4.35. The van der Waals surface area contributed by atoms with Crippen LogP contribution in [0.25, 0.3) is 21.1 Å². The van der Waals surface area contributed by atoms with Gasteiger partial charge in [0, 0.05) is 16.9 Å². The summed E-state index contributed by atoms with van der Waals surface area (Å²) in [7, 11) is 0. The fourth-order valence-corrected chi connectivity index (χ4v) is 4.83. The number of alkyl halides is 3. The first kappa shape index (κ1) is 18.4. The number of thiazole rings is 1. The first-order chi connectivity index (χ1) is 13.9. The molecular weight excluding hydrogens is 421 g/mol. The maximum Gasteiger partial charge on any atom is 0.416 e. The van der Waals surface area contributed by atoms with Gasteiger partial charge >= 0.3 is 6.18 Å². The predicted octanol–water partition coefficient (Wildman–Crippen LogP) is 6.68. The Morgan fingerprint density at radius 2 is 1.90 bits per heavy atom. The third-order valence-electron chi connectivity index (χ3n) is 4.78. The lowest BCUT2D eigenvalue weighted by Gasteiger charge is -2.27. The lowest BCUT2D eigenvalue weighted by Crippen LogP contribution is -2.22. The number of hydrogen-bond donors (Lipinski definition) is 1. The van der Waals surface area contributed by atoms with Crippen LogP contribution in [-0.2, 0) is 6.18 Å². The summed E-state index contributed by atoms with van der Waals surface area (Å²) in [6.07, 6.45) is -4.49. The largest absolute Gasteiger partial charge is 0.493 e. The van der Waals surface area contributed by atoms with Gasteiger partial charge < -0.3 is 9.67 Å². The van der Waals surface area contributed by atoms with Crippen LogP contribution in [0.3, 0.4) is 0 Å². The zero-order valence-corrected chi connectivity index (χ0v) is 16.4. The molecule has 29 heavy (non-hydrogen) atoms. The molecule has 4 aromatic rings. The predicted molar refractivity (Wildman–Crippen MR) is 109 cm³/mol. The molecule has 0 atom stereocenters. The first-order valence-corrected chi connectivity index (χ1v) is 10.7. The lowest BCUT2D eigenvalue weighted by atomic mass is 10.1. The summed E-state index contributed by atoms with van der Waals surface area (Å²) < 4.78 is 42.3. The zero-order chi connectivity index (χ0) is 20.2. The number of rotatable bonds is 3. The van der Waals surface area contributed by atoms with Crippen molar-refractivity contribution in [1.82, 2.24) is 9.55 Å². The van der Waals surface area contributed by atoms with E-state index in [0.717, 1.165) is 33.9 Å². The molecule has 1 fully saturated rings. The molecule has 1 aliphatic rings. The van der Waals surface area contributed by atoms with E-state index in [2.05, 4.69) is 15.2 Å². The molecule has 0 saturated carbocycles. The number of halogens is 3. The van der Waals surface area contributed by atoms with Crippen LogP contribution < -0.4 is 0 Å². The van der Waals surface area contributed by atoms with Gasteiger partial charge in [0.05, 0.1) is 27.3 Å². The van der Waals surface area contributed by atoms with E-state index in [4.69, 9.17) is 0 Å². The number of azo groups is 1. The van der Waals surface area contributed by atoms with Gasteiger partial charge in [0.25, 0.3) is 0 Å². The molecule has 5 rings (SSSR count). The van der Waals surface area contributed by atoms with E-state index in [1.807, 2.05) is 24.3 Å². The molecule has 1 N–H and O–H groups in total. The number of hydrogen-bond acceptors (Lipinski definition) is 6. The number of benzene rings is 2. The van der Waals surface area contributed by atoms with Crippen molar-refractivity contribution in [3.8, 4) is 5.88 Å². The summed E-state index contributed by atoms with van der Waals surface area (Å²) in [6.45, 7) is 0. The molecule has 2 aromatic carbocycles. The molecule has 0 unspecified atom stereocenters. The molecular formula is C19H13F3N4OS2. The second kappa shape index (κ2) is 6.74. The Labute approximate surface area is 170 Å². The average molecular weight is 434 g/mol. The van der Waals surface area contributed by atoms with E-state index < -0.39 is 11.7 Å². The molecule has 1 aliphatic heterocycles. The van der Waals surface area contributed by atoms with Gasteiger partial charge in [-0.15, -0.1) is 10.2 Å². The van der Waals surface area contributed by atoms with Gasteiger partial charge in [-0.3, -0.25) is 0 Å². The number of aromatic nitrogens is 2. The molecule has 10 heteroatoms. The van der Waals surface area contributed by atoms with Crippen LogP contribution in [0.2, 0.25) is 0 Å². The van der Waals surface area contributed by atoms with Gasteiger partial charge in [-0.2, -0.15) is 24.9 Å². The Morgan fingerprint density at radius 1 is 1.10 bits per heavy atom. The van der Waals surface area contributed by atoms with Crippen LogP contribution in [-0.4, -0.2) is 26.2 Å². The fraction of sp³-hybridized carbons (Fsp3) is 0.211. The molecule has 2 aromatic heterocycles. The molecule has 0 radical (unpaired) electrons. The van der Waals surface area contributed by atoms with Gasteiger partial charge in [0.1, 0.15) is 0 Å². The van der Waals surface area contributed by atoms with Gasteiger partial charge in [0.15, 0.2) is 5.69 Å². The van der Waals surface area contributed by atoms with E-state index in [9.17, 15) is 18.3 Å². The monoisotopic (exact) mass is 434 g/mol. The van der Waals surface area contributed by atoms with Crippen molar-refractivity contribution >= 4 is 55.0 Å². The van der Waals surface area contributed by atoms with Crippen LogP contribution in [0.15, 0.2) is 52.7 Å². The Bertz CT molecular complexity index is 1220. The van der Waals surface area contributed by atoms with Gasteiger partial charge in [-0.1, -0.05) is 23.5 Å². The van der Waals surface area contributed by atoms with E-state index in [0.29, 0.717) is 10.6 Å². The normalized spacial score (nSPS) is 15.6. The number of thioether (sulfide) groups is 1. The summed E-state index contributed by atoms with van der Waals surface area (Å²) >= 11 is 3.03. The minimum atomic E-state index is -4.49. The maximum absolute atomic E-state index is 13.2. The number of aromatic hydroxyl groups is 1. The minimum absolute atomic E-state index is 0.0191. The van der Waals surface area contributed by atoms with Gasteiger partial charge in [-0.05, 0) is 30.3 Å². The Hall–Kier alpha value is -2.59. The lowest BCUT2D eigenvalue weighted by molar-refractivity contribution is -0.137. The average Bonchev–Trinajstić information content (AvgIpc) is 3.17. The highest BCUT2D eigenvalue weighted by Crippen LogP contribution is 2.46. The number of fused-ring (bicyclic) bond motifs is 2. The van der Waals surface area contributed by atoms with Crippen molar-refractivity contribution in [2.75, 3.05) is 11.5 Å². The smallest absolute Gasteiger partial charge is 0.416 e.